The van der Waals surface area contributed by atoms with E-state index in [0.29, 0.717) is 18.0 Å². The second-order valence-corrected chi connectivity index (χ2v) is 4.13. The van der Waals surface area contributed by atoms with Crippen LogP contribution in [0.3, 0.4) is 0 Å². The largest absolute Gasteiger partial charge is 0.489 e. The molecule has 2 N–H and O–H groups in total. The predicted molar refractivity (Wildman–Crippen MR) is 70.9 cm³/mol. The van der Waals surface area contributed by atoms with E-state index >= 15 is 0 Å². The number of amides is 1. The van der Waals surface area contributed by atoms with Gasteiger partial charge in [0, 0.05) is 19.3 Å². The first kappa shape index (κ1) is 14.4. The molecule has 1 amide bonds. The summed E-state index contributed by atoms with van der Waals surface area (Å²) in [5.41, 5.74) is 0.336. The number of aromatic nitrogens is 1. The number of ether oxygens (including phenoxy) is 1. The van der Waals surface area contributed by atoms with Gasteiger partial charge in [0.25, 0.3) is 5.91 Å². The highest BCUT2D eigenvalue weighted by molar-refractivity contribution is 5.94. The summed E-state index contributed by atoms with van der Waals surface area (Å²) in [6, 6.07) is 3.51. The number of nitrogens with one attached hydrogen (secondary N) is 2. The topological polar surface area (TPSA) is 63.2 Å². The van der Waals surface area contributed by atoms with E-state index in [9.17, 15) is 4.79 Å². The van der Waals surface area contributed by atoms with Gasteiger partial charge in [0.2, 0.25) is 0 Å². The Morgan fingerprint density at radius 2 is 2.22 bits per heavy atom. The summed E-state index contributed by atoms with van der Waals surface area (Å²) in [4.78, 5) is 16.0. The average molecular weight is 251 g/mol. The van der Waals surface area contributed by atoms with E-state index in [2.05, 4.69) is 15.6 Å². The summed E-state index contributed by atoms with van der Waals surface area (Å²) < 4.78 is 5.55. The molecule has 100 valence electrons. The van der Waals surface area contributed by atoms with Crippen molar-refractivity contribution in [2.75, 3.05) is 19.6 Å². The van der Waals surface area contributed by atoms with Gasteiger partial charge in [0.15, 0.2) is 11.4 Å². The Bertz CT molecular complexity index is 380. The first-order valence-corrected chi connectivity index (χ1v) is 6.25. The molecular formula is C13H21N3O2. The predicted octanol–water partition coefficient (Wildman–Crippen LogP) is 1.21. The molecule has 0 unspecified atom stereocenters. The van der Waals surface area contributed by atoms with Gasteiger partial charge in [-0.3, -0.25) is 4.79 Å². The Morgan fingerprint density at radius 3 is 2.89 bits per heavy atom. The molecule has 1 aromatic rings. The van der Waals surface area contributed by atoms with Crippen LogP contribution < -0.4 is 15.4 Å². The summed E-state index contributed by atoms with van der Waals surface area (Å²) in [5.74, 6) is 0.317. The minimum atomic E-state index is -0.204. The van der Waals surface area contributed by atoms with Gasteiger partial charge >= 0.3 is 0 Å². The van der Waals surface area contributed by atoms with E-state index < -0.39 is 0 Å². The van der Waals surface area contributed by atoms with E-state index in [-0.39, 0.29) is 12.0 Å². The zero-order valence-corrected chi connectivity index (χ0v) is 11.2. The minimum absolute atomic E-state index is 0.0162. The van der Waals surface area contributed by atoms with Gasteiger partial charge in [-0.15, -0.1) is 0 Å². The Morgan fingerprint density at radius 1 is 1.44 bits per heavy atom. The van der Waals surface area contributed by atoms with Crippen molar-refractivity contribution < 1.29 is 9.53 Å². The fraction of sp³-hybridized carbons (Fsp3) is 0.538. The molecule has 18 heavy (non-hydrogen) atoms. The maximum atomic E-state index is 11.9. The monoisotopic (exact) mass is 251 g/mol. The van der Waals surface area contributed by atoms with Crippen LogP contribution in [0.4, 0.5) is 0 Å². The normalized spacial score (nSPS) is 10.4. The molecule has 1 rings (SSSR count). The molecule has 5 nitrogen and oxygen atoms in total. The van der Waals surface area contributed by atoms with Crippen LogP contribution in [0.5, 0.6) is 5.75 Å². The zero-order chi connectivity index (χ0) is 13.4. The van der Waals surface area contributed by atoms with Crippen molar-refractivity contribution in [3.8, 4) is 5.75 Å². The van der Waals surface area contributed by atoms with E-state index in [1.165, 1.54) is 0 Å². The van der Waals surface area contributed by atoms with Crippen molar-refractivity contribution in [3.63, 3.8) is 0 Å². The van der Waals surface area contributed by atoms with E-state index in [0.717, 1.165) is 13.1 Å². The van der Waals surface area contributed by atoms with E-state index in [4.69, 9.17) is 4.74 Å². The number of carbonyl (C=O) groups is 1. The third-order valence-electron chi connectivity index (χ3n) is 2.19. The van der Waals surface area contributed by atoms with Gasteiger partial charge in [-0.1, -0.05) is 6.92 Å². The highest BCUT2D eigenvalue weighted by atomic mass is 16.5. The van der Waals surface area contributed by atoms with Gasteiger partial charge in [-0.25, -0.2) is 4.98 Å². The molecule has 0 saturated carbocycles. The van der Waals surface area contributed by atoms with Crippen molar-refractivity contribution in [2.24, 2.45) is 0 Å². The van der Waals surface area contributed by atoms with Crippen LogP contribution in [0.1, 0.15) is 31.3 Å². The van der Waals surface area contributed by atoms with Gasteiger partial charge in [-0.05, 0) is 32.5 Å². The molecule has 1 aromatic heterocycles. The number of pyridine rings is 1. The molecule has 0 bridgehead atoms. The van der Waals surface area contributed by atoms with Crippen LogP contribution in [0.15, 0.2) is 18.3 Å². The molecule has 1 heterocycles. The molecule has 0 aliphatic heterocycles. The third-order valence-corrected chi connectivity index (χ3v) is 2.19. The Kier molecular flexibility index (Phi) is 6.14. The lowest BCUT2D eigenvalue weighted by atomic mass is 10.3. The van der Waals surface area contributed by atoms with Gasteiger partial charge in [-0.2, -0.15) is 0 Å². The Hall–Kier alpha value is -1.62. The number of likely N-dealkylation sites (N-methyl/N-ethyl adjacent to an activating group) is 1. The van der Waals surface area contributed by atoms with E-state index in [1.54, 1.807) is 18.3 Å². The first-order valence-electron chi connectivity index (χ1n) is 6.25. The molecule has 5 heteroatoms. The second-order valence-electron chi connectivity index (χ2n) is 4.13. The quantitative estimate of drug-likeness (QED) is 0.715. The highest BCUT2D eigenvalue weighted by Gasteiger charge is 2.14. The van der Waals surface area contributed by atoms with Gasteiger partial charge in [0.1, 0.15) is 0 Å². The number of rotatable bonds is 7. The molecule has 0 radical (unpaired) electrons. The van der Waals surface area contributed by atoms with Crippen LogP contribution in [0.25, 0.3) is 0 Å². The molecule has 0 aliphatic carbocycles. The molecule has 0 aromatic carbocycles. The lowest BCUT2D eigenvalue weighted by molar-refractivity contribution is 0.0942. The first-order chi connectivity index (χ1) is 8.65. The van der Waals surface area contributed by atoms with Crippen molar-refractivity contribution in [2.45, 2.75) is 26.9 Å². The number of carbonyl (C=O) groups excluding carboxylic acids is 1. The highest BCUT2D eigenvalue weighted by Crippen LogP contribution is 2.16. The minimum Gasteiger partial charge on any atom is -0.489 e. The summed E-state index contributed by atoms with van der Waals surface area (Å²) in [7, 11) is 0. The Labute approximate surface area is 108 Å². The lowest BCUT2D eigenvalue weighted by Gasteiger charge is -2.13. The van der Waals surface area contributed by atoms with Crippen LogP contribution in [-0.4, -0.2) is 36.6 Å². The molecule has 0 aliphatic rings. The standard InChI is InChI=1S/C13H21N3O2/c1-4-14-8-9-16-13(17)12-11(18-10(2)3)6-5-7-15-12/h5-7,10,14H,4,8-9H2,1-3H3,(H,16,17). The van der Waals surface area contributed by atoms with Crippen molar-refractivity contribution >= 4 is 5.91 Å². The SMILES string of the molecule is CCNCCNC(=O)c1ncccc1OC(C)C. The number of nitrogens with zero attached hydrogens (tertiary/aromatic N) is 1. The fourth-order valence-corrected chi connectivity index (χ4v) is 1.44. The molecule has 0 spiro atoms. The fourth-order valence-electron chi connectivity index (χ4n) is 1.44. The molecular weight excluding hydrogens is 230 g/mol. The maximum absolute atomic E-state index is 11.9. The summed E-state index contributed by atoms with van der Waals surface area (Å²) in [5, 5.41) is 5.94. The summed E-state index contributed by atoms with van der Waals surface area (Å²) in [6.45, 7) is 8.07. The third kappa shape index (κ3) is 4.71. The smallest absolute Gasteiger partial charge is 0.273 e. The van der Waals surface area contributed by atoms with Crippen LogP contribution in [0, 0.1) is 0 Å². The summed E-state index contributed by atoms with van der Waals surface area (Å²) >= 11 is 0. The van der Waals surface area contributed by atoms with Crippen molar-refractivity contribution in [1.29, 1.82) is 0 Å². The van der Waals surface area contributed by atoms with Crippen LogP contribution in [0.2, 0.25) is 0 Å². The molecule has 0 atom stereocenters. The second kappa shape index (κ2) is 7.66. The number of hydrogen-bond acceptors (Lipinski definition) is 4. The van der Waals surface area contributed by atoms with Crippen LogP contribution >= 0.6 is 0 Å². The van der Waals surface area contributed by atoms with Crippen molar-refractivity contribution in [1.82, 2.24) is 15.6 Å². The van der Waals surface area contributed by atoms with Crippen LogP contribution in [-0.2, 0) is 0 Å². The van der Waals surface area contributed by atoms with Crippen molar-refractivity contribution in [3.05, 3.63) is 24.0 Å². The van der Waals surface area contributed by atoms with Gasteiger partial charge in [0.05, 0.1) is 6.10 Å². The molecule has 0 saturated heterocycles. The van der Waals surface area contributed by atoms with E-state index in [1.807, 2.05) is 20.8 Å². The maximum Gasteiger partial charge on any atom is 0.273 e. The average Bonchev–Trinajstić information content (AvgIpc) is 2.34. The zero-order valence-electron chi connectivity index (χ0n) is 11.2. The summed E-state index contributed by atoms with van der Waals surface area (Å²) in [6.07, 6.45) is 1.61. The lowest BCUT2D eigenvalue weighted by Crippen LogP contribution is -2.32. The Balaban J connectivity index is 2.61. The number of hydrogen-bond donors (Lipinski definition) is 2. The van der Waals surface area contributed by atoms with Gasteiger partial charge < -0.3 is 15.4 Å². The molecule has 0 fully saturated rings.